The maximum atomic E-state index is 11.8. The van der Waals surface area contributed by atoms with Gasteiger partial charge in [0.05, 0.1) is 0 Å². The van der Waals surface area contributed by atoms with Gasteiger partial charge in [0.2, 0.25) is 0 Å². The average molecular weight is 246 g/mol. The van der Waals surface area contributed by atoms with E-state index in [-0.39, 0.29) is 5.91 Å². The van der Waals surface area contributed by atoms with Gasteiger partial charge in [-0.3, -0.25) is 4.79 Å². The van der Waals surface area contributed by atoms with Gasteiger partial charge in [0.15, 0.2) is 11.9 Å². The normalized spacial score (nSPS) is 11.9. The molecule has 1 aromatic carbocycles. The third-order valence-electron chi connectivity index (χ3n) is 2.30. The molecule has 1 N–H and O–H groups in total. The number of benzene rings is 1. The molecular formula is C13H14N2O3. The number of ether oxygens (including phenoxy) is 1. The van der Waals surface area contributed by atoms with Crippen LogP contribution in [0.1, 0.15) is 12.7 Å². The molecule has 1 heterocycles. The van der Waals surface area contributed by atoms with E-state index < -0.39 is 6.10 Å². The molecule has 1 atom stereocenters. The van der Waals surface area contributed by atoms with Crippen molar-refractivity contribution >= 4 is 11.7 Å². The molecule has 5 heteroatoms. The van der Waals surface area contributed by atoms with E-state index in [2.05, 4.69) is 10.5 Å². The maximum absolute atomic E-state index is 11.8. The Bertz CT molecular complexity index is 522. The number of aromatic nitrogens is 1. The van der Waals surface area contributed by atoms with Crippen molar-refractivity contribution in [2.45, 2.75) is 20.0 Å². The lowest BCUT2D eigenvalue weighted by atomic mass is 10.3. The van der Waals surface area contributed by atoms with Gasteiger partial charge in [0.25, 0.3) is 5.91 Å². The Kier molecular flexibility index (Phi) is 3.62. The van der Waals surface area contributed by atoms with Crippen LogP contribution in [-0.2, 0) is 4.79 Å². The third kappa shape index (κ3) is 3.10. The highest BCUT2D eigenvalue weighted by atomic mass is 16.5. The number of hydrogen-bond donors (Lipinski definition) is 1. The van der Waals surface area contributed by atoms with Crippen molar-refractivity contribution in [2.24, 2.45) is 0 Å². The topological polar surface area (TPSA) is 64.4 Å². The molecule has 18 heavy (non-hydrogen) atoms. The minimum atomic E-state index is -0.607. The minimum absolute atomic E-state index is 0.271. The Balaban J connectivity index is 1.93. The summed E-state index contributed by atoms with van der Waals surface area (Å²) in [7, 11) is 0. The number of carbonyl (C=O) groups is 1. The molecule has 0 spiro atoms. The quantitative estimate of drug-likeness (QED) is 0.899. The summed E-state index contributed by atoms with van der Waals surface area (Å²) in [5.41, 5.74) is 0. The van der Waals surface area contributed by atoms with Gasteiger partial charge in [-0.15, -0.1) is 0 Å². The molecule has 1 aromatic heterocycles. The first-order valence-electron chi connectivity index (χ1n) is 5.61. The Hall–Kier alpha value is -2.30. The smallest absolute Gasteiger partial charge is 0.266 e. The highest BCUT2D eigenvalue weighted by Crippen LogP contribution is 2.12. The molecular weight excluding hydrogens is 232 g/mol. The Morgan fingerprint density at radius 2 is 2.11 bits per heavy atom. The SMILES string of the molecule is Cc1cc(NC(=O)[C@@H](C)Oc2ccccc2)no1. The molecule has 0 fully saturated rings. The molecule has 0 aliphatic carbocycles. The lowest BCUT2D eigenvalue weighted by Crippen LogP contribution is -2.30. The van der Waals surface area contributed by atoms with Crippen LogP contribution < -0.4 is 10.1 Å². The molecule has 2 rings (SSSR count). The zero-order valence-corrected chi connectivity index (χ0v) is 10.2. The van der Waals surface area contributed by atoms with Crippen LogP contribution in [0.25, 0.3) is 0 Å². The van der Waals surface area contributed by atoms with Crippen LogP contribution in [0, 0.1) is 6.92 Å². The fourth-order valence-corrected chi connectivity index (χ4v) is 1.41. The Labute approximate surface area is 105 Å². The van der Waals surface area contributed by atoms with E-state index in [0.29, 0.717) is 17.3 Å². The lowest BCUT2D eigenvalue weighted by Gasteiger charge is -2.13. The van der Waals surface area contributed by atoms with E-state index in [1.807, 2.05) is 18.2 Å². The molecule has 2 aromatic rings. The molecule has 0 radical (unpaired) electrons. The maximum Gasteiger partial charge on any atom is 0.266 e. The molecule has 0 unspecified atom stereocenters. The summed E-state index contributed by atoms with van der Waals surface area (Å²) < 4.78 is 10.3. The first-order valence-corrected chi connectivity index (χ1v) is 5.61. The van der Waals surface area contributed by atoms with E-state index in [9.17, 15) is 4.79 Å². The number of amides is 1. The van der Waals surface area contributed by atoms with E-state index in [1.54, 1.807) is 32.0 Å². The standard InChI is InChI=1S/C13H14N2O3/c1-9-8-12(15-18-9)14-13(16)10(2)17-11-6-4-3-5-7-11/h3-8,10H,1-2H3,(H,14,15,16)/t10-/m1/s1. The number of carbonyl (C=O) groups excluding carboxylic acids is 1. The number of rotatable bonds is 4. The Morgan fingerprint density at radius 3 is 2.72 bits per heavy atom. The van der Waals surface area contributed by atoms with Gasteiger partial charge in [-0.1, -0.05) is 23.4 Å². The summed E-state index contributed by atoms with van der Waals surface area (Å²) in [5.74, 6) is 1.41. The lowest BCUT2D eigenvalue weighted by molar-refractivity contribution is -0.122. The van der Waals surface area contributed by atoms with Crippen molar-refractivity contribution in [3.05, 3.63) is 42.2 Å². The molecule has 0 bridgehead atoms. The molecule has 0 saturated heterocycles. The third-order valence-corrected chi connectivity index (χ3v) is 2.30. The predicted molar refractivity (Wildman–Crippen MR) is 66.4 cm³/mol. The van der Waals surface area contributed by atoms with Crippen molar-refractivity contribution in [3.63, 3.8) is 0 Å². The number of nitrogens with one attached hydrogen (secondary N) is 1. The van der Waals surface area contributed by atoms with Gasteiger partial charge < -0.3 is 14.6 Å². The molecule has 0 aliphatic heterocycles. The number of nitrogens with zero attached hydrogens (tertiary/aromatic N) is 1. The molecule has 94 valence electrons. The fourth-order valence-electron chi connectivity index (χ4n) is 1.41. The number of hydrogen-bond acceptors (Lipinski definition) is 4. The summed E-state index contributed by atoms with van der Waals surface area (Å²) in [5, 5.41) is 6.30. The first-order chi connectivity index (χ1) is 8.65. The van der Waals surface area contributed by atoms with Gasteiger partial charge in [0.1, 0.15) is 11.5 Å². The second-order valence-electron chi connectivity index (χ2n) is 3.89. The molecule has 5 nitrogen and oxygen atoms in total. The van der Waals surface area contributed by atoms with Crippen LogP contribution in [0.4, 0.5) is 5.82 Å². The molecule has 1 amide bonds. The van der Waals surface area contributed by atoms with E-state index >= 15 is 0 Å². The second kappa shape index (κ2) is 5.35. The van der Waals surface area contributed by atoms with Crippen molar-refractivity contribution in [3.8, 4) is 5.75 Å². The van der Waals surface area contributed by atoms with Crippen molar-refractivity contribution in [1.29, 1.82) is 0 Å². The van der Waals surface area contributed by atoms with Crippen LogP contribution in [-0.4, -0.2) is 17.2 Å². The summed E-state index contributed by atoms with van der Waals surface area (Å²) in [4.78, 5) is 11.8. The van der Waals surface area contributed by atoms with Crippen LogP contribution >= 0.6 is 0 Å². The largest absolute Gasteiger partial charge is 0.481 e. The van der Waals surface area contributed by atoms with Crippen molar-refractivity contribution < 1.29 is 14.1 Å². The zero-order chi connectivity index (χ0) is 13.0. The number of anilines is 1. The second-order valence-corrected chi connectivity index (χ2v) is 3.89. The predicted octanol–water partition coefficient (Wildman–Crippen LogP) is 2.39. The summed E-state index contributed by atoms with van der Waals surface area (Å²) in [6, 6.07) is 10.8. The summed E-state index contributed by atoms with van der Waals surface area (Å²) in [6.45, 7) is 3.43. The number of aryl methyl sites for hydroxylation is 1. The molecule has 0 aliphatic rings. The van der Waals surface area contributed by atoms with Gasteiger partial charge in [-0.05, 0) is 26.0 Å². The van der Waals surface area contributed by atoms with Crippen LogP contribution in [0.15, 0.2) is 40.9 Å². The van der Waals surface area contributed by atoms with Gasteiger partial charge in [-0.25, -0.2) is 0 Å². The molecule has 0 saturated carbocycles. The highest BCUT2D eigenvalue weighted by molar-refractivity contribution is 5.93. The van der Waals surface area contributed by atoms with Crippen LogP contribution in [0.3, 0.4) is 0 Å². The summed E-state index contributed by atoms with van der Waals surface area (Å²) in [6.07, 6.45) is -0.607. The monoisotopic (exact) mass is 246 g/mol. The number of para-hydroxylation sites is 1. The first kappa shape index (κ1) is 12.2. The average Bonchev–Trinajstić information content (AvgIpc) is 2.76. The van der Waals surface area contributed by atoms with Crippen molar-refractivity contribution in [2.75, 3.05) is 5.32 Å². The van der Waals surface area contributed by atoms with Crippen LogP contribution in [0.5, 0.6) is 5.75 Å². The van der Waals surface area contributed by atoms with E-state index in [1.165, 1.54) is 0 Å². The highest BCUT2D eigenvalue weighted by Gasteiger charge is 2.16. The fraction of sp³-hybridized carbons (Fsp3) is 0.231. The van der Waals surface area contributed by atoms with Gasteiger partial charge >= 0.3 is 0 Å². The van der Waals surface area contributed by atoms with Gasteiger partial charge in [-0.2, -0.15) is 0 Å². The minimum Gasteiger partial charge on any atom is -0.481 e. The van der Waals surface area contributed by atoms with Crippen molar-refractivity contribution in [1.82, 2.24) is 5.16 Å². The Morgan fingerprint density at radius 1 is 1.39 bits per heavy atom. The van der Waals surface area contributed by atoms with E-state index in [4.69, 9.17) is 9.26 Å². The van der Waals surface area contributed by atoms with E-state index in [0.717, 1.165) is 0 Å². The van der Waals surface area contributed by atoms with Gasteiger partial charge in [0, 0.05) is 6.07 Å². The van der Waals surface area contributed by atoms with Crippen LogP contribution in [0.2, 0.25) is 0 Å². The summed E-state index contributed by atoms with van der Waals surface area (Å²) >= 11 is 0. The zero-order valence-electron chi connectivity index (χ0n) is 10.2.